The van der Waals surface area contributed by atoms with Crippen molar-refractivity contribution in [3.05, 3.63) is 109 Å². The summed E-state index contributed by atoms with van der Waals surface area (Å²) < 4.78 is 17.1. The molecule has 0 aliphatic rings. The molecule has 2 unspecified atom stereocenters. The second-order valence-corrected chi connectivity index (χ2v) is 16.6. The second-order valence-electron chi connectivity index (χ2n) is 16.6. The Hall–Kier alpha value is -4.01. The lowest BCUT2D eigenvalue weighted by Gasteiger charge is -2.34. The quantitative estimate of drug-likeness (QED) is 0.0261. The van der Waals surface area contributed by atoms with Gasteiger partial charge in [-0.1, -0.05) is 155 Å². The Balaban J connectivity index is 4.45. The number of carboxylic acids is 1. The molecule has 0 rings (SSSR count). The number of hydrogen-bond acceptors (Lipinski definition) is 7. The van der Waals surface area contributed by atoms with Crippen molar-refractivity contribution in [1.29, 1.82) is 0 Å². The van der Waals surface area contributed by atoms with Crippen LogP contribution in [0.1, 0.15) is 162 Å². The number of nitrogens with zero attached hydrogens (tertiary/aromatic N) is 1. The summed E-state index contributed by atoms with van der Waals surface area (Å²) in [6, 6.07) is -0.745. The molecule has 0 aliphatic heterocycles. The second kappa shape index (κ2) is 43.6. The third-order valence-electron chi connectivity index (χ3n) is 9.89. The molecule has 8 nitrogen and oxygen atoms in total. The van der Waals surface area contributed by atoms with E-state index in [0.717, 1.165) is 96.3 Å². The number of hydrogen-bond donors (Lipinski definition) is 0. The summed E-state index contributed by atoms with van der Waals surface area (Å²) in [4.78, 5) is 36.9. The first kappa shape index (κ1) is 58.0. The zero-order valence-corrected chi connectivity index (χ0v) is 39.7. The van der Waals surface area contributed by atoms with E-state index in [1.807, 2.05) is 0 Å². The number of carboxylic acid groups (broad SMARTS) is 1. The first-order valence-corrected chi connectivity index (χ1v) is 23.9. The predicted molar refractivity (Wildman–Crippen MR) is 258 cm³/mol. The molecule has 350 valence electrons. The van der Waals surface area contributed by atoms with E-state index in [1.165, 1.54) is 25.7 Å². The van der Waals surface area contributed by atoms with Gasteiger partial charge in [0.2, 0.25) is 0 Å². The van der Waals surface area contributed by atoms with Gasteiger partial charge < -0.3 is 28.6 Å². The monoisotopic (exact) mass is 862 g/mol. The Morgan fingerprint density at radius 3 is 1.39 bits per heavy atom. The molecule has 0 radical (unpaired) electrons. The molecule has 0 heterocycles. The Morgan fingerprint density at radius 1 is 0.500 bits per heavy atom. The van der Waals surface area contributed by atoms with Gasteiger partial charge in [0, 0.05) is 19.3 Å². The maximum absolute atomic E-state index is 12.8. The molecule has 0 fully saturated rings. The van der Waals surface area contributed by atoms with Crippen molar-refractivity contribution in [3.63, 3.8) is 0 Å². The van der Waals surface area contributed by atoms with Gasteiger partial charge in [0.05, 0.1) is 40.3 Å². The highest BCUT2D eigenvalue weighted by atomic mass is 16.6. The van der Waals surface area contributed by atoms with Gasteiger partial charge in [-0.2, -0.15) is 0 Å². The molecule has 62 heavy (non-hydrogen) atoms. The first-order chi connectivity index (χ1) is 30.1. The fourth-order valence-corrected chi connectivity index (χ4v) is 6.21. The molecule has 0 spiro atoms. The van der Waals surface area contributed by atoms with Crippen LogP contribution in [0.15, 0.2) is 109 Å². The molecule has 0 saturated carbocycles. The van der Waals surface area contributed by atoms with Gasteiger partial charge in [-0.15, -0.1) is 0 Å². The molecule has 0 amide bonds. The van der Waals surface area contributed by atoms with Crippen LogP contribution in [-0.4, -0.2) is 75.5 Å². The molecule has 0 aromatic carbocycles. The third-order valence-corrected chi connectivity index (χ3v) is 9.89. The van der Waals surface area contributed by atoms with Crippen LogP contribution in [0.25, 0.3) is 0 Å². The van der Waals surface area contributed by atoms with E-state index in [-0.39, 0.29) is 55.5 Å². The van der Waals surface area contributed by atoms with Crippen LogP contribution in [0.2, 0.25) is 0 Å². The predicted octanol–water partition coefficient (Wildman–Crippen LogP) is 12.3. The summed E-state index contributed by atoms with van der Waals surface area (Å²) in [5.74, 6) is -1.85. The highest BCUT2D eigenvalue weighted by molar-refractivity contribution is 5.70. The van der Waals surface area contributed by atoms with E-state index < -0.39 is 18.1 Å². The van der Waals surface area contributed by atoms with Gasteiger partial charge in [-0.3, -0.25) is 9.59 Å². The summed E-state index contributed by atoms with van der Waals surface area (Å²) in [6.45, 7) is 4.42. The minimum Gasteiger partial charge on any atom is -0.544 e. The number of allylic oxidation sites excluding steroid dienone is 18. The van der Waals surface area contributed by atoms with Crippen molar-refractivity contribution in [2.45, 2.75) is 174 Å². The van der Waals surface area contributed by atoms with E-state index in [9.17, 15) is 19.5 Å². The first-order valence-electron chi connectivity index (χ1n) is 23.9. The van der Waals surface area contributed by atoms with E-state index in [2.05, 4.69) is 123 Å². The summed E-state index contributed by atoms with van der Waals surface area (Å²) >= 11 is 0. The molecule has 0 saturated heterocycles. The average Bonchev–Trinajstić information content (AvgIpc) is 3.23. The van der Waals surface area contributed by atoms with Crippen molar-refractivity contribution < 1.29 is 38.2 Å². The van der Waals surface area contributed by atoms with E-state index >= 15 is 0 Å². The van der Waals surface area contributed by atoms with Gasteiger partial charge in [-0.25, -0.2) is 0 Å². The standard InChI is InChI=1S/C54H87NO7/c1-6-8-10-12-14-16-18-20-22-24-25-26-27-29-31-33-35-37-39-41-43-45-53(57)62-50(48-60-47-46-51(54(58)59)55(3,4)5)49-61-52(56)44-42-40-38-36-34-32-30-28-23-21-19-17-15-13-11-9-7-2/h9,11,14-17,20-23,25-26,29-32,36,38,50-51H,6-8,10,12-13,18-19,24,27-28,33-35,37,39-49H2,1-5H3/b11-9+,16-14+,17-15+,22-20+,23-21+,26-25+,31-29+,32-30+,38-36+. The van der Waals surface area contributed by atoms with Crippen LogP contribution in [0, 0.1) is 0 Å². The topological polar surface area (TPSA) is 102 Å². The third kappa shape index (κ3) is 41.3. The van der Waals surface area contributed by atoms with Crippen LogP contribution in [0.3, 0.4) is 0 Å². The molecule has 0 bridgehead atoms. The van der Waals surface area contributed by atoms with Gasteiger partial charge in [-0.05, 0) is 96.3 Å². The Labute approximate surface area is 378 Å². The maximum atomic E-state index is 12.8. The molecular weight excluding hydrogens is 775 g/mol. The van der Waals surface area contributed by atoms with Crippen LogP contribution in [-0.2, 0) is 28.6 Å². The molecule has 0 N–H and O–H groups in total. The summed E-state index contributed by atoms with van der Waals surface area (Å²) in [5.41, 5.74) is 0. The highest BCUT2D eigenvalue weighted by Gasteiger charge is 2.25. The van der Waals surface area contributed by atoms with Gasteiger partial charge in [0.25, 0.3) is 0 Å². The fraction of sp³-hybridized carbons (Fsp3) is 0.611. The fourth-order valence-electron chi connectivity index (χ4n) is 6.21. The van der Waals surface area contributed by atoms with Crippen LogP contribution in [0.5, 0.6) is 0 Å². The number of carbonyl (C=O) groups excluding carboxylic acids is 3. The SMILES string of the molecule is CC/C=C/C/C=C/C/C=C/C/C=C/C/C=C/CCCC(=O)OCC(COCCC(C(=O)[O-])[N+](C)(C)C)OC(=O)CCCCCCC/C=C/C/C=C/C/C=C/C/C=C/CCCCC. The average molecular weight is 862 g/mol. The van der Waals surface area contributed by atoms with Gasteiger partial charge >= 0.3 is 11.9 Å². The zero-order valence-electron chi connectivity index (χ0n) is 39.7. The van der Waals surface area contributed by atoms with Crippen LogP contribution < -0.4 is 5.11 Å². The number of ether oxygens (including phenoxy) is 3. The molecule has 2 atom stereocenters. The van der Waals surface area contributed by atoms with Gasteiger partial charge in [0.1, 0.15) is 12.6 Å². The van der Waals surface area contributed by atoms with E-state index in [1.54, 1.807) is 21.1 Å². The molecule has 0 aromatic rings. The van der Waals surface area contributed by atoms with Crippen molar-refractivity contribution >= 4 is 17.9 Å². The maximum Gasteiger partial charge on any atom is 0.306 e. The summed E-state index contributed by atoms with van der Waals surface area (Å²) in [7, 11) is 5.37. The number of carbonyl (C=O) groups is 3. The number of quaternary nitrogens is 1. The Morgan fingerprint density at radius 2 is 0.919 bits per heavy atom. The van der Waals surface area contributed by atoms with Crippen molar-refractivity contribution in [3.8, 4) is 0 Å². The lowest BCUT2D eigenvalue weighted by molar-refractivity contribution is -0.889. The largest absolute Gasteiger partial charge is 0.544 e. The minimum atomic E-state index is -1.14. The van der Waals surface area contributed by atoms with Gasteiger partial charge in [0.15, 0.2) is 6.10 Å². The van der Waals surface area contributed by atoms with Crippen LogP contribution >= 0.6 is 0 Å². The Kier molecular flexibility index (Phi) is 40.8. The van der Waals surface area contributed by atoms with Crippen LogP contribution in [0.4, 0.5) is 0 Å². The highest BCUT2D eigenvalue weighted by Crippen LogP contribution is 2.12. The lowest BCUT2D eigenvalue weighted by Crippen LogP contribution is -2.55. The normalized spacial score (nSPS) is 13.9. The number of unbranched alkanes of at least 4 members (excludes halogenated alkanes) is 9. The minimum absolute atomic E-state index is 0.00739. The number of aliphatic carboxylic acids is 1. The van der Waals surface area contributed by atoms with E-state index in [4.69, 9.17) is 14.2 Å². The zero-order chi connectivity index (χ0) is 45.6. The molecule has 0 aliphatic carbocycles. The molecule has 8 heteroatoms. The molecule has 0 aromatic heterocycles. The summed E-state index contributed by atoms with van der Waals surface area (Å²) in [6.07, 6.45) is 59.8. The number of likely N-dealkylation sites (N-methyl/N-ethyl adjacent to an activating group) is 1. The Bertz CT molecular complexity index is 1370. The lowest BCUT2D eigenvalue weighted by atomic mass is 10.1. The van der Waals surface area contributed by atoms with Crippen molar-refractivity contribution in [2.24, 2.45) is 0 Å². The summed E-state index contributed by atoms with van der Waals surface area (Å²) in [5, 5.41) is 11.6. The smallest absolute Gasteiger partial charge is 0.306 e. The van der Waals surface area contributed by atoms with Crippen molar-refractivity contribution in [1.82, 2.24) is 0 Å². The van der Waals surface area contributed by atoms with Crippen molar-refractivity contribution in [2.75, 3.05) is 41.0 Å². The van der Waals surface area contributed by atoms with E-state index in [0.29, 0.717) is 6.42 Å². The number of rotatable bonds is 41. The molecular formula is C54H87NO7. The number of esters is 2.